The summed E-state index contributed by atoms with van der Waals surface area (Å²) in [6, 6.07) is -0.140. The van der Waals surface area contributed by atoms with E-state index in [0.717, 1.165) is 25.2 Å². The molecule has 0 unspecified atom stereocenters. The van der Waals surface area contributed by atoms with Crippen molar-refractivity contribution in [1.82, 2.24) is 15.3 Å². The molecule has 174 valence electrons. The van der Waals surface area contributed by atoms with Crippen molar-refractivity contribution >= 4 is 28.6 Å². The van der Waals surface area contributed by atoms with Crippen LogP contribution in [0.5, 0.6) is 0 Å². The molecule has 33 heavy (non-hydrogen) atoms. The van der Waals surface area contributed by atoms with Crippen molar-refractivity contribution in [3.05, 3.63) is 47.7 Å². The van der Waals surface area contributed by atoms with Gasteiger partial charge in [0.2, 0.25) is 5.95 Å². The first-order valence-corrected chi connectivity index (χ1v) is 10.1. The van der Waals surface area contributed by atoms with Crippen LogP contribution in [0.25, 0.3) is 11.0 Å². The number of amides is 2. The summed E-state index contributed by atoms with van der Waals surface area (Å²) in [5.74, 6) is -0.654. The number of ether oxygens (including phenoxy) is 1. The molecule has 2 aliphatic rings. The van der Waals surface area contributed by atoms with Gasteiger partial charge in [0.1, 0.15) is 17.2 Å². The summed E-state index contributed by atoms with van der Waals surface area (Å²) < 4.78 is 65.3. The zero-order chi connectivity index (χ0) is 23.4. The van der Waals surface area contributed by atoms with Crippen molar-refractivity contribution < 1.29 is 31.5 Å². The number of aryl methyl sites for hydroxylation is 1. The van der Waals surface area contributed by atoms with Crippen molar-refractivity contribution in [3.8, 4) is 0 Å². The highest BCUT2D eigenvalue weighted by Crippen LogP contribution is 2.40. The third kappa shape index (κ3) is 3.94. The van der Waals surface area contributed by atoms with Gasteiger partial charge in [0.25, 0.3) is 0 Å². The van der Waals surface area contributed by atoms with Gasteiger partial charge in [0, 0.05) is 24.0 Å². The van der Waals surface area contributed by atoms with Crippen molar-refractivity contribution in [1.29, 1.82) is 0 Å². The molecule has 4 heterocycles. The molecular formula is C21H19F4N5O3. The Kier molecular flexibility index (Phi) is 4.92. The van der Waals surface area contributed by atoms with Gasteiger partial charge in [-0.25, -0.2) is 19.2 Å². The standard InChI is InChI=1S/C21H19F4N5O3/c1-11-14-4-12(22)2-3-15(14)33-16(11)17(21(23,24)25)29-19(31)28-13-5-26-18(27-6-13)30-7-20(8-30)9-32-10-20/h2-6,17H,7-10H2,1H3,(H2,28,29,31)/t17-/m1/s1. The second kappa shape index (κ2) is 7.58. The van der Waals surface area contributed by atoms with Crippen LogP contribution in [0.4, 0.5) is 34.0 Å². The van der Waals surface area contributed by atoms with Crippen molar-refractivity contribution in [2.24, 2.45) is 5.41 Å². The zero-order valence-corrected chi connectivity index (χ0v) is 17.4. The zero-order valence-electron chi connectivity index (χ0n) is 17.4. The lowest BCUT2D eigenvalue weighted by molar-refractivity contribution is -0.158. The van der Waals surface area contributed by atoms with Crippen LogP contribution in [0.15, 0.2) is 35.0 Å². The Balaban J connectivity index is 1.28. The van der Waals surface area contributed by atoms with Crippen LogP contribution in [0, 0.1) is 18.2 Å². The summed E-state index contributed by atoms with van der Waals surface area (Å²) in [7, 11) is 0. The first-order chi connectivity index (χ1) is 15.6. The predicted octanol–water partition coefficient (Wildman–Crippen LogP) is 3.93. The van der Waals surface area contributed by atoms with E-state index in [4.69, 9.17) is 9.15 Å². The maximum atomic E-state index is 13.8. The minimum atomic E-state index is -4.85. The summed E-state index contributed by atoms with van der Waals surface area (Å²) in [4.78, 5) is 22.6. The van der Waals surface area contributed by atoms with Crippen LogP contribution in [0.1, 0.15) is 17.4 Å². The number of hydrogen-bond acceptors (Lipinski definition) is 6. The van der Waals surface area contributed by atoms with Crippen molar-refractivity contribution in [2.75, 3.05) is 36.5 Å². The number of hydrogen-bond donors (Lipinski definition) is 2. The van der Waals surface area contributed by atoms with Crippen molar-refractivity contribution in [2.45, 2.75) is 19.1 Å². The predicted molar refractivity (Wildman–Crippen MR) is 109 cm³/mol. The highest BCUT2D eigenvalue weighted by molar-refractivity contribution is 5.89. The van der Waals surface area contributed by atoms with Crippen LogP contribution < -0.4 is 15.5 Å². The van der Waals surface area contributed by atoms with E-state index in [1.165, 1.54) is 25.4 Å². The average Bonchev–Trinajstić information content (AvgIpc) is 3.00. The smallest absolute Gasteiger partial charge is 0.416 e. The average molecular weight is 465 g/mol. The van der Waals surface area contributed by atoms with Crippen LogP contribution in [0.3, 0.4) is 0 Å². The van der Waals surface area contributed by atoms with E-state index in [1.807, 2.05) is 10.2 Å². The van der Waals surface area contributed by atoms with Gasteiger partial charge in [0.15, 0.2) is 6.04 Å². The second-order valence-electron chi connectivity index (χ2n) is 8.43. The number of nitrogens with one attached hydrogen (secondary N) is 2. The van der Waals surface area contributed by atoms with Gasteiger partial charge in [-0.1, -0.05) is 0 Å². The molecular weight excluding hydrogens is 446 g/mol. The number of benzene rings is 1. The molecule has 2 amide bonds. The van der Waals surface area contributed by atoms with Gasteiger partial charge in [-0.15, -0.1) is 0 Å². The van der Waals surface area contributed by atoms with E-state index >= 15 is 0 Å². The minimum Gasteiger partial charge on any atom is -0.458 e. The summed E-state index contributed by atoms with van der Waals surface area (Å²) in [6.45, 7) is 4.34. The number of urea groups is 1. The lowest BCUT2D eigenvalue weighted by Gasteiger charge is -2.54. The molecule has 3 aromatic rings. The number of halogens is 4. The molecule has 2 fully saturated rings. The molecule has 2 aromatic heterocycles. The summed E-state index contributed by atoms with van der Waals surface area (Å²) in [5, 5.41) is 4.38. The normalized spacial score (nSPS) is 18.0. The Morgan fingerprint density at radius 1 is 1.21 bits per heavy atom. The Morgan fingerprint density at radius 3 is 2.52 bits per heavy atom. The largest absolute Gasteiger partial charge is 0.458 e. The van der Waals surface area contributed by atoms with E-state index in [2.05, 4.69) is 15.3 Å². The third-order valence-electron chi connectivity index (χ3n) is 5.85. The van der Waals surface area contributed by atoms with Gasteiger partial charge in [-0.05, 0) is 25.1 Å². The van der Waals surface area contributed by atoms with Gasteiger partial charge < -0.3 is 24.7 Å². The number of fused-ring (bicyclic) bond motifs is 1. The Bertz CT molecular complexity index is 1200. The van der Waals surface area contributed by atoms with Crippen LogP contribution in [-0.2, 0) is 4.74 Å². The quantitative estimate of drug-likeness (QED) is 0.568. The van der Waals surface area contributed by atoms with Gasteiger partial charge in [0.05, 0.1) is 36.7 Å². The molecule has 2 N–H and O–H groups in total. The maximum Gasteiger partial charge on any atom is 0.416 e. The second-order valence-corrected chi connectivity index (χ2v) is 8.43. The fraction of sp³-hybridized carbons (Fsp3) is 0.381. The number of aromatic nitrogens is 2. The molecule has 1 atom stereocenters. The van der Waals surface area contributed by atoms with Crippen LogP contribution in [0.2, 0.25) is 0 Å². The lowest BCUT2D eigenvalue weighted by atomic mass is 9.78. The van der Waals surface area contributed by atoms with E-state index in [0.29, 0.717) is 19.2 Å². The molecule has 0 saturated carbocycles. The van der Waals surface area contributed by atoms with E-state index < -0.39 is 29.8 Å². The van der Waals surface area contributed by atoms with E-state index in [9.17, 15) is 22.4 Å². The monoisotopic (exact) mass is 465 g/mol. The van der Waals surface area contributed by atoms with E-state index in [1.54, 1.807) is 0 Å². The van der Waals surface area contributed by atoms with E-state index in [-0.39, 0.29) is 27.6 Å². The fourth-order valence-electron chi connectivity index (χ4n) is 4.11. The SMILES string of the molecule is Cc1c([C@@H](NC(=O)Nc2cnc(N3CC4(COC4)C3)nc2)C(F)(F)F)oc2ccc(F)cc12. The summed E-state index contributed by atoms with van der Waals surface area (Å²) in [5.41, 5.74) is 0.477. The minimum absolute atomic E-state index is 0.0870. The molecule has 2 saturated heterocycles. The first kappa shape index (κ1) is 21.4. The molecule has 1 spiro atoms. The van der Waals surface area contributed by atoms with Gasteiger partial charge in [-0.3, -0.25) is 0 Å². The first-order valence-electron chi connectivity index (χ1n) is 10.1. The lowest BCUT2D eigenvalue weighted by Crippen LogP contribution is -2.66. The maximum absolute atomic E-state index is 13.8. The number of furan rings is 1. The Morgan fingerprint density at radius 2 is 1.91 bits per heavy atom. The highest BCUT2D eigenvalue weighted by atomic mass is 19.4. The molecule has 0 aliphatic carbocycles. The Labute approximate surface area is 184 Å². The summed E-state index contributed by atoms with van der Waals surface area (Å²) in [6.07, 6.45) is -2.21. The number of nitrogens with zero attached hydrogens (tertiary/aromatic N) is 3. The van der Waals surface area contributed by atoms with Gasteiger partial charge in [-0.2, -0.15) is 13.2 Å². The molecule has 5 rings (SSSR count). The molecule has 2 aliphatic heterocycles. The number of alkyl halides is 3. The molecule has 1 aromatic carbocycles. The third-order valence-corrected chi connectivity index (χ3v) is 5.85. The van der Waals surface area contributed by atoms with Gasteiger partial charge >= 0.3 is 12.2 Å². The number of rotatable bonds is 4. The van der Waals surface area contributed by atoms with Crippen LogP contribution >= 0.6 is 0 Å². The molecule has 0 bridgehead atoms. The molecule has 8 nitrogen and oxygen atoms in total. The number of carbonyl (C=O) groups is 1. The highest BCUT2D eigenvalue weighted by Gasteiger charge is 2.50. The fourth-order valence-corrected chi connectivity index (χ4v) is 4.11. The number of carbonyl (C=O) groups excluding carboxylic acids is 1. The topological polar surface area (TPSA) is 92.5 Å². The number of anilines is 2. The van der Waals surface area contributed by atoms with Crippen molar-refractivity contribution in [3.63, 3.8) is 0 Å². The van der Waals surface area contributed by atoms with Crippen LogP contribution in [-0.4, -0.2) is 48.5 Å². The summed E-state index contributed by atoms with van der Waals surface area (Å²) >= 11 is 0. The molecule has 0 radical (unpaired) electrons. The Hall–Kier alpha value is -3.41. The molecule has 12 heteroatoms.